The first-order valence-corrected chi connectivity index (χ1v) is 8.11. The van der Waals surface area contributed by atoms with Gasteiger partial charge in [-0.15, -0.1) is 0 Å². The summed E-state index contributed by atoms with van der Waals surface area (Å²) in [4.78, 5) is 4.31. The van der Waals surface area contributed by atoms with E-state index in [0.29, 0.717) is 17.3 Å². The van der Waals surface area contributed by atoms with Gasteiger partial charge in [0.1, 0.15) is 11.0 Å². The minimum atomic E-state index is -0.734. The van der Waals surface area contributed by atoms with E-state index < -0.39 is 12.1 Å². The highest BCUT2D eigenvalue weighted by molar-refractivity contribution is 6.30. The van der Waals surface area contributed by atoms with Gasteiger partial charge >= 0.3 is 0 Å². The maximum atomic E-state index is 13.7. The predicted octanol–water partition coefficient (Wildman–Crippen LogP) is 3.31. The van der Waals surface area contributed by atoms with Crippen molar-refractivity contribution >= 4 is 22.5 Å². The van der Waals surface area contributed by atoms with Crippen LogP contribution < -0.4 is 5.32 Å². The van der Waals surface area contributed by atoms with E-state index in [-0.39, 0.29) is 5.82 Å². The molecule has 2 aromatic heterocycles. The van der Waals surface area contributed by atoms with Crippen LogP contribution in [0.4, 0.5) is 4.39 Å². The molecule has 0 unspecified atom stereocenters. The highest BCUT2D eigenvalue weighted by atomic mass is 35.5. The topological polar surface area (TPSA) is 50.1 Å². The maximum Gasteiger partial charge on any atom is 0.130 e. The van der Waals surface area contributed by atoms with Crippen molar-refractivity contribution in [2.24, 2.45) is 0 Å². The summed E-state index contributed by atoms with van der Waals surface area (Å²) in [5.74, 6) is -0.330. The van der Waals surface area contributed by atoms with Gasteiger partial charge in [0.05, 0.1) is 23.4 Å². The third-order valence-corrected chi connectivity index (χ3v) is 4.30. The molecule has 0 amide bonds. The molecular weight excluding hydrogens is 329 g/mol. The normalized spacial score (nSPS) is 14.0. The molecule has 0 aliphatic rings. The lowest BCUT2D eigenvalue weighted by Crippen LogP contribution is -2.33. The Morgan fingerprint density at radius 2 is 2.12 bits per heavy atom. The number of aryl methyl sites for hydroxylation is 1. The van der Waals surface area contributed by atoms with Crippen LogP contribution in [0, 0.1) is 12.7 Å². The molecule has 6 heteroatoms. The van der Waals surface area contributed by atoms with E-state index >= 15 is 0 Å². The van der Waals surface area contributed by atoms with Crippen molar-refractivity contribution in [1.82, 2.24) is 14.9 Å². The quantitative estimate of drug-likeness (QED) is 0.696. The van der Waals surface area contributed by atoms with Crippen molar-refractivity contribution in [1.29, 1.82) is 0 Å². The number of pyridine rings is 1. The summed E-state index contributed by atoms with van der Waals surface area (Å²) in [6.45, 7) is 2.25. The highest BCUT2D eigenvalue weighted by Crippen LogP contribution is 2.30. The fourth-order valence-corrected chi connectivity index (χ4v) is 3.40. The van der Waals surface area contributed by atoms with Crippen LogP contribution >= 0.6 is 11.6 Å². The number of aliphatic hydroxyl groups is 1. The van der Waals surface area contributed by atoms with E-state index in [1.54, 1.807) is 19.2 Å². The van der Waals surface area contributed by atoms with Gasteiger partial charge in [-0.2, -0.15) is 0 Å². The molecule has 3 rings (SSSR count). The van der Waals surface area contributed by atoms with Crippen LogP contribution in [0.25, 0.3) is 10.9 Å². The lowest BCUT2D eigenvalue weighted by molar-refractivity contribution is 0.132. The summed E-state index contributed by atoms with van der Waals surface area (Å²) in [5.41, 5.74) is 2.34. The van der Waals surface area contributed by atoms with E-state index in [1.807, 2.05) is 29.8 Å². The minimum absolute atomic E-state index is 0.330. The van der Waals surface area contributed by atoms with Gasteiger partial charge in [0.15, 0.2) is 0 Å². The number of likely N-dealkylation sites (N-methyl/N-ethyl adjacent to an activating group) is 1. The lowest BCUT2D eigenvalue weighted by Gasteiger charge is -2.26. The molecule has 0 saturated carbocycles. The Labute approximate surface area is 144 Å². The Hall–Kier alpha value is -1.95. The second-order valence-electron chi connectivity index (χ2n) is 5.82. The van der Waals surface area contributed by atoms with E-state index in [9.17, 15) is 9.50 Å². The zero-order valence-electron chi connectivity index (χ0n) is 13.5. The summed E-state index contributed by atoms with van der Waals surface area (Å²) in [7, 11) is 1.77. The van der Waals surface area contributed by atoms with E-state index in [1.165, 1.54) is 12.1 Å². The fourth-order valence-electron chi connectivity index (χ4n) is 3.16. The Morgan fingerprint density at radius 1 is 1.33 bits per heavy atom. The number of halogens is 2. The van der Waals surface area contributed by atoms with Crippen LogP contribution in [0.1, 0.15) is 17.3 Å². The Balaban J connectivity index is 2.19. The average molecular weight is 348 g/mol. The molecule has 0 aliphatic heterocycles. The smallest absolute Gasteiger partial charge is 0.130 e. The van der Waals surface area contributed by atoms with E-state index in [4.69, 9.17) is 11.6 Å². The standard InChI is InChI=1S/C18H19ClFN3O/c1-11-17-13(9-16(19)22-11)6-7-23(17)18(15(24)10-21-2)12-4-3-5-14(20)8-12/h3-9,15,18,21,24H,10H2,1-2H3/t15-,18+/m1/s1. The maximum absolute atomic E-state index is 13.7. The number of rotatable bonds is 5. The van der Waals surface area contributed by atoms with Gasteiger partial charge in [0.2, 0.25) is 0 Å². The van der Waals surface area contributed by atoms with Gasteiger partial charge in [-0.1, -0.05) is 23.7 Å². The molecule has 0 spiro atoms. The number of nitrogens with one attached hydrogen (secondary N) is 1. The molecule has 0 radical (unpaired) electrons. The molecular formula is C18H19ClFN3O. The molecule has 3 aromatic rings. The van der Waals surface area contributed by atoms with Gasteiger partial charge in [0.25, 0.3) is 0 Å². The van der Waals surface area contributed by atoms with E-state index in [2.05, 4.69) is 10.3 Å². The molecule has 2 N–H and O–H groups in total. The molecule has 1 aromatic carbocycles. The molecule has 0 fully saturated rings. The van der Waals surface area contributed by atoms with Gasteiger partial charge in [-0.05, 0) is 43.8 Å². The minimum Gasteiger partial charge on any atom is -0.389 e. The molecule has 0 aliphatic carbocycles. The van der Waals surface area contributed by atoms with Crippen LogP contribution in [0.2, 0.25) is 5.15 Å². The van der Waals surface area contributed by atoms with Crippen molar-refractivity contribution in [2.45, 2.75) is 19.1 Å². The average Bonchev–Trinajstić information content (AvgIpc) is 2.91. The molecule has 2 heterocycles. The summed E-state index contributed by atoms with van der Waals surface area (Å²) < 4.78 is 15.7. The van der Waals surface area contributed by atoms with Crippen LogP contribution in [0.15, 0.2) is 42.6 Å². The largest absolute Gasteiger partial charge is 0.389 e. The third-order valence-electron chi connectivity index (χ3n) is 4.11. The number of hydrogen-bond donors (Lipinski definition) is 2. The highest BCUT2D eigenvalue weighted by Gasteiger charge is 2.25. The van der Waals surface area contributed by atoms with Crippen molar-refractivity contribution in [3.63, 3.8) is 0 Å². The van der Waals surface area contributed by atoms with Gasteiger partial charge in [-0.3, -0.25) is 0 Å². The second-order valence-corrected chi connectivity index (χ2v) is 6.20. The monoisotopic (exact) mass is 347 g/mol. The van der Waals surface area contributed by atoms with Crippen LogP contribution in [-0.4, -0.2) is 34.4 Å². The number of aliphatic hydroxyl groups excluding tert-OH is 1. The molecule has 0 bridgehead atoms. The SMILES string of the molecule is CNC[C@@H](O)[C@H](c1cccc(F)c1)n1ccc2cc(Cl)nc(C)c21. The summed E-state index contributed by atoms with van der Waals surface area (Å²) in [6.07, 6.45) is 1.15. The first-order chi connectivity index (χ1) is 11.5. The number of benzene rings is 1. The number of fused-ring (bicyclic) bond motifs is 1. The molecule has 126 valence electrons. The number of hydrogen-bond acceptors (Lipinski definition) is 3. The second kappa shape index (κ2) is 6.89. The van der Waals surface area contributed by atoms with E-state index in [0.717, 1.165) is 16.6 Å². The van der Waals surface area contributed by atoms with Crippen molar-refractivity contribution < 1.29 is 9.50 Å². The molecule has 4 nitrogen and oxygen atoms in total. The third kappa shape index (κ3) is 3.15. The predicted molar refractivity (Wildman–Crippen MR) is 94.0 cm³/mol. The number of aromatic nitrogens is 2. The first kappa shape index (κ1) is 16.9. The summed E-state index contributed by atoms with van der Waals surface area (Å²) >= 11 is 6.03. The van der Waals surface area contributed by atoms with Gasteiger partial charge < -0.3 is 15.0 Å². The van der Waals surface area contributed by atoms with Gasteiger partial charge in [0, 0.05) is 18.1 Å². The van der Waals surface area contributed by atoms with Crippen LogP contribution in [0.5, 0.6) is 0 Å². The molecule has 24 heavy (non-hydrogen) atoms. The summed E-state index contributed by atoms with van der Waals surface area (Å²) in [5, 5.41) is 15.0. The number of nitrogens with zero attached hydrogens (tertiary/aromatic N) is 2. The Morgan fingerprint density at radius 3 is 2.83 bits per heavy atom. The van der Waals surface area contributed by atoms with Gasteiger partial charge in [-0.25, -0.2) is 9.37 Å². The zero-order chi connectivity index (χ0) is 17.3. The lowest BCUT2D eigenvalue weighted by atomic mass is 10.0. The summed E-state index contributed by atoms with van der Waals surface area (Å²) in [6, 6.07) is 9.59. The van der Waals surface area contributed by atoms with Crippen LogP contribution in [0.3, 0.4) is 0 Å². The van der Waals surface area contributed by atoms with Crippen LogP contribution in [-0.2, 0) is 0 Å². The zero-order valence-corrected chi connectivity index (χ0v) is 14.3. The van der Waals surface area contributed by atoms with Crippen molar-refractivity contribution in [3.05, 3.63) is 64.8 Å². The molecule has 0 saturated heterocycles. The Kier molecular flexibility index (Phi) is 4.85. The first-order valence-electron chi connectivity index (χ1n) is 7.73. The Bertz CT molecular complexity index is 865. The fraction of sp³-hybridized carbons (Fsp3) is 0.278. The molecule has 2 atom stereocenters. The van der Waals surface area contributed by atoms with Crippen molar-refractivity contribution in [2.75, 3.05) is 13.6 Å². The van der Waals surface area contributed by atoms with Crippen molar-refractivity contribution in [3.8, 4) is 0 Å².